The molecule has 0 bridgehead atoms. The summed E-state index contributed by atoms with van der Waals surface area (Å²) in [5.41, 5.74) is 2.63. The highest BCUT2D eigenvalue weighted by Crippen LogP contribution is 2.37. The smallest absolute Gasteiger partial charge is 0.262 e. The van der Waals surface area contributed by atoms with Crippen LogP contribution in [0.2, 0.25) is 0 Å². The molecule has 0 unspecified atom stereocenters. The molecule has 1 aliphatic rings. The third-order valence-electron chi connectivity index (χ3n) is 4.65. The number of hydrogen-bond acceptors (Lipinski definition) is 5. The summed E-state index contributed by atoms with van der Waals surface area (Å²) >= 11 is 1.54. The highest BCUT2D eigenvalue weighted by atomic mass is 32.2. The molecule has 0 aliphatic heterocycles. The van der Waals surface area contributed by atoms with Gasteiger partial charge in [0, 0.05) is 23.4 Å². The molecule has 0 radical (unpaired) electrons. The van der Waals surface area contributed by atoms with Crippen molar-refractivity contribution in [2.45, 2.75) is 29.8 Å². The van der Waals surface area contributed by atoms with Crippen LogP contribution in [0.15, 0.2) is 75.1 Å². The zero-order valence-electron chi connectivity index (χ0n) is 14.5. The summed E-state index contributed by atoms with van der Waals surface area (Å²) in [5, 5.41) is 5.61. The monoisotopic (exact) mass is 375 g/mol. The first kappa shape index (κ1) is 16.3. The molecule has 2 heterocycles. The topological polar surface area (TPSA) is 60.9 Å². The Hall–Kier alpha value is -2.86. The molecule has 1 aliphatic carbocycles. The average Bonchev–Trinajstić information content (AvgIpc) is 3.43. The van der Waals surface area contributed by atoms with E-state index in [0.717, 1.165) is 40.5 Å². The second kappa shape index (κ2) is 6.70. The number of thioether (sulfide) groups is 1. The van der Waals surface area contributed by atoms with Crippen molar-refractivity contribution in [3.05, 3.63) is 76.7 Å². The van der Waals surface area contributed by atoms with E-state index in [1.807, 2.05) is 65.2 Å². The Kier molecular flexibility index (Phi) is 4.05. The summed E-state index contributed by atoms with van der Waals surface area (Å²) in [5.74, 6) is 1.35. The lowest BCUT2D eigenvalue weighted by molar-refractivity contribution is 0.426. The zero-order chi connectivity index (χ0) is 18.2. The van der Waals surface area contributed by atoms with Crippen molar-refractivity contribution in [1.82, 2.24) is 14.7 Å². The maximum Gasteiger partial charge on any atom is 0.262 e. The lowest BCUT2D eigenvalue weighted by atomic mass is 10.2. The van der Waals surface area contributed by atoms with Crippen LogP contribution in [0, 0.1) is 0 Å². The van der Waals surface area contributed by atoms with Gasteiger partial charge >= 0.3 is 0 Å². The van der Waals surface area contributed by atoms with E-state index in [2.05, 4.69) is 5.16 Å². The van der Waals surface area contributed by atoms with Crippen molar-refractivity contribution in [2.75, 3.05) is 0 Å². The molecule has 6 heteroatoms. The van der Waals surface area contributed by atoms with Crippen LogP contribution in [0.3, 0.4) is 0 Å². The second-order valence-electron chi connectivity index (χ2n) is 6.66. The molecule has 2 aromatic carbocycles. The molecule has 0 saturated heterocycles. The van der Waals surface area contributed by atoms with Gasteiger partial charge in [-0.25, -0.2) is 4.98 Å². The van der Waals surface area contributed by atoms with Gasteiger partial charge in [-0.3, -0.25) is 9.36 Å². The molecule has 0 amide bonds. The Bertz CT molecular complexity index is 1160. The fourth-order valence-electron chi connectivity index (χ4n) is 3.14. The maximum absolute atomic E-state index is 12.9. The molecule has 0 spiro atoms. The summed E-state index contributed by atoms with van der Waals surface area (Å²) < 4.78 is 7.32. The van der Waals surface area contributed by atoms with Gasteiger partial charge in [0.25, 0.3) is 5.56 Å². The van der Waals surface area contributed by atoms with E-state index in [1.165, 1.54) is 11.8 Å². The largest absolute Gasteiger partial charge is 0.356 e. The Balaban J connectivity index is 1.44. The van der Waals surface area contributed by atoms with Gasteiger partial charge in [-0.2, -0.15) is 0 Å². The number of para-hydroxylation sites is 1. The van der Waals surface area contributed by atoms with Gasteiger partial charge in [0.2, 0.25) is 0 Å². The molecule has 5 nitrogen and oxygen atoms in total. The van der Waals surface area contributed by atoms with E-state index < -0.39 is 0 Å². The molecule has 0 atom stereocenters. The number of fused-ring (bicyclic) bond motifs is 1. The quantitative estimate of drug-likeness (QED) is 0.374. The highest BCUT2D eigenvalue weighted by molar-refractivity contribution is 7.98. The minimum absolute atomic E-state index is 0.0516. The summed E-state index contributed by atoms with van der Waals surface area (Å²) in [6, 6.07) is 19.7. The molecular formula is C21H17N3O2S. The molecule has 1 saturated carbocycles. The van der Waals surface area contributed by atoms with Gasteiger partial charge in [-0.1, -0.05) is 59.4 Å². The second-order valence-corrected chi connectivity index (χ2v) is 7.60. The predicted molar refractivity (Wildman–Crippen MR) is 106 cm³/mol. The van der Waals surface area contributed by atoms with Crippen LogP contribution in [-0.2, 0) is 5.75 Å². The molecule has 4 aromatic rings. The Morgan fingerprint density at radius 1 is 1.07 bits per heavy atom. The van der Waals surface area contributed by atoms with Crippen LogP contribution in [0.25, 0.3) is 22.2 Å². The lowest BCUT2D eigenvalue weighted by Crippen LogP contribution is -2.22. The molecule has 5 rings (SSSR count). The van der Waals surface area contributed by atoms with Crippen LogP contribution < -0.4 is 5.56 Å². The average molecular weight is 375 g/mol. The van der Waals surface area contributed by atoms with Crippen LogP contribution in [0.1, 0.15) is 24.6 Å². The number of aromatic nitrogens is 3. The number of nitrogens with zero attached hydrogens (tertiary/aromatic N) is 3. The Morgan fingerprint density at radius 2 is 1.85 bits per heavy atom. The number of benzene rings is 2. The van der Waals surface area contributed by atoms with Crippen molar-refractivity contribution in [3.63, 3.8) is 0 Å². The van der Waals surface area contributed by atoms with E-state index in [0.29, 0.717) is 11.1 Å². The highest BCUT2D eigenvalue weighted by Gasteiger charge is 2.28. The van der Waals surface area contributed by atoms with Crippen molar-refractivity contribution < 1.29 is 4.52 Å². The van der Waals surface area contributed by atoms with E-state index in [1.54, 1.807) is 0 Å². The van der Waals surface area contributed by atoms with Crippen molar-refractivity contribution in [1.29, 1.82) is 0 Å². The van der Waals surface area contributed by atoms with Gasteiger partial charge in [-0.05, 0) is 25.0 Å². The number of rotatable bonds is 5. The fourth-order valence-corrected chi connectivity index (χ4v) is 4.09. The normalized spacial score (nSPS) is 13.9. The van der Waals surface area contributed by atoms with E-state index in [9.17, 15) is 4.79 Å². The Morgan fingerprint density at radius 3 is 2.67 bits per heavy atom. The summed E-state index contributed by atoms with van der Waals surface area (Å²) in [7, 11) is 0. The molecule has 0 N–H and O–H groups in total. The SMILES string of the molecule is O=c1c2ccccc2nc(SCc2cc(-c3ccccc3)on2)n1C1CC1. The van der Waals surface area contributed by atoms with Crippen LogP contribution in [-0.4, -0.2) is 14.7 Å². The molecular weight excluding hydrogens is 358 g/mol. The summed E-state index contributed by atoms with van der Waals surface area (Å²) in [4.78, 5) is 17.7. The van der Waals surface area contributed by atoms with Crippen LogP contribution in [0.5, 0.6) is 0 Å². The van der Waals surface area contributed by atoms with Gasteiger partial charge in [0.05, 0.1) is 16.6 Å². The Labute approximate surface area is 160 Å². The van der Waals surface area contributed by atoms with Crippen LogP contribution in [0.4, 0.5) is 0 Å². The first-order valence-electron chi connectivity index (χ1n) is 8.95. The fraction of sp³-hybridized carbons (Fsp3) is 0.190. The van der Waals surface area contributed by atoms with E-state index >= 15 is 0 Å². The number of hydrogen-bond donors (Lipinski definition) is 0. The predicted octanol–water partition coefficient (Wildman–Crippen LogP) is 4.68. The first-order chi connectivity index (χ1) is 13.3. The van der Waals surface area contributed by atoms with Gasteiger partial charge in [0.1, 0.15) is 0 Å². The van der Waals surface area contributed by atoms with Gasteiger partial charge in [-0.15, -0.1) is 0 Å². The molecule has 2 aromatic heterocycles. The van der Waals surface area contributed by atoms with E-state index in [-0.39, 0.29) is 11.6 Å². The maximum atomic E-state index is 12.9. The van der Waals surface area contributed by atoms with Crippen molar-refractivity contribution in [3.8, 4) is 11.3 Å². The van der Waals surface area contributed by atoms with Crippen LogP contribution >= 0.6 is 11.8 Å². The molecule has 1 fully saturated rings. The standard InChI is InChI=1S/C21H17N3O2S/c25-20-17-8-4-5-9-18(17)22-21(24(20)16-10-11-16)27-13-15-12-19(26-23-15)14-6-2-1-3-7-14/h1-9,12,16H,10-11,13H2. The molecule has 134 valence electrons. The third kappa shape index (κ3) is 3.17. The van der Waals surface area contributed by atoms with Gasteiger partial charge < -0.3 is 4.52 Å². The minimum atomic E-state index is 0.0516. The lowest BCUT2D eigenvalue weighted by Gasteiger charge is -2.11. The minimum Gasteiger partial charge on any atom is -0.356 e. The molecule has 27 heavy (non-hydrogen) atoms. The summed E-state index contributed by atoms with van der Waals surface area (Å²) in [6.45, 7) is 0. The summed E-state index contributed by atoms with van der Waals surface area (Å²) in [6.07, 6.45) is 2.07. The third-order valence-corrected chi connectivity index (χ3v) is 5.64. The first-order valence-corrected chi connectivity index (χ1v) is 9.93. The van der Waals surface area contributed by atoms with E-state index in [4.69, 9.17) is 9.51 Å². The van der Waals surface area contributed by atoms with Crippen molar-refractivity contribution in [2.24, 2.45) is 0 Å². The van der Waals surface area contributed by atoms with Crippen molar-refractivity contribution >= 4 is 22.7 Å². The zero-order valence-corrected chi connectivity index (χ0v) is 15.4. The van der Waals surface area contributed by atoms with Gasteiger partial charge in [0.15, 0.2) is 10.9 Å².